The largest absolute Gasteiger partial charge is 0.473 e. The molecule has 0 spiro atoms. The summed E-state index contributed by atoms with van der Waals surface area (Å²) in [7, 11) is 0. The van der Waals surface area contributed by atoms with Crippen LogP contribution in [0.4, 0.5) is 5.82 Å². The minimum Gasteiger partial charge on any atom is -0.473 e. The van der Waals surface area contributed by atoms with Crippen molar-refractivity contribution in [1.82, 2.24) is 24.7 Å². The third-order valence-electron chi connectivity index (χ3n) is 5.50. The van der Waals surface area contributed by atoms with E-state index in [1.807, 2.05) is 18.7 Å². The number of likely N-dealkylation sites (N-methyl/N-ethyl adjacent to an activating group) is 1. The van der Waals surface area contributed by atoms with Crippen LogP contribution in [0.1, 0.15) is 26.7 Å². The van der Waals surface area contributed by atoms with Crippen molar-refractivity contribution < 1.29 is 19.1 Å². The number of hydrogen-bond acceptors (Lipinski definition) is 8. The third kappa shape index (κ3) is 5.24. The average molecular weight is 418 g/mol. The van der Waals surface area contributed by atoms with Gasteiger partial charge in [0, 0.05) is 64.5 Å². The molecule has 3 heterocycles. The van der Waals surface area contributed by atoms with E-state index in [9.17, 15) is 14.4 Å². The van der Waals surface area contributed by atoms with Gasteiger partial charge in [0.25, 0.3) is 5.88 Å². The molecule has 1 aromatic rings. The second-order valence-electron chi connectivity index (χ2n) is 7.30. The zero-order valence-electron chi connectivity index (χ0n) is 17.7. The summed E-state index contributed by atoms with van der Waals surface area (Å²) in [4.78, 5) is 51.8. The highest BCUT2D eigenvalue weighted by molar-refractivity contribution is 6.01. The number of likely N-dealkylation sites (tertiary alicyclic amines) is 1. The number of amides is 3. The van der Waals surface area contributed by atoms with Gasteiger partial charge in [0.1, 0.15) is 6.61 Å². The molecule has 3 amide bonds. The Balaban J connectivity index is 1.52. The second kappa shape index (κ2) is 10.3. The number of rotatable bonds is 9. The smallest absolute Gasteiger partial charge is 0.257 e. The molecule has 0 N–H and O–H groups in total. The average Bonchev–Trinajstić information content (AvgIpc) is 3.08. The molecule has 0 unspecified atom stereocenters. The van der Waals surface area contributed by atoms with Crippen molar-refractivity contribution in [3.63, 3.8) is 0 Å². The van der Waals surface area contributed by atoms with Crippen LogP contribution < -0.4 is 9.64 Å². The monoisotopic (exact) mass is 418 g/mol. The molecule has 2 saturated heterocycles. The summed E-state index contributed by atoms with van der Waals surface area (Å²) in [6.07, 6.45) is 3.72. The molecule has 0 radical (unpaired) electrons. The van der Waals surface area contributed by atoms with E-state index in [0.717, 1.165) is 26.2 Å². The van der Waals surface area contributed by atoms with E-state index >= 15 is 0 Å². The predicted molar refractivity (Wildman–Crippen MR) is 110 cm³/mol. The van der Waals surface area contributed by atoms with Crippen LogP contribution in [0.25, 0.3) is 0 Å². The van der Waals surface area contributed by atoms with Crippen LogP contribution in [0.2, 0.25) is 0 Å². The van der Waals surface area contributed by atoms with Gasteiger partial charge < -0.3 is 14.5 Å². The maximum atomic E-state index is 12.3. The van der Waals surface area contributed by atoms with E-state index in [-0.39, 0.29) is 43.7 Å². The Morgan fingerprint density at radius 2 is 1.67 bits per heavy atom. The molecule has 3 rings (SSSR count). The van der Waals surface area contributed by atoms with Crippen molar-refractivity contribution in [2.45, 2.75) is 26.7 Å². The van der Waals surface area contributed by atoms with Crippen molar-refractivity contribution in [2.75, 3.05) is 63.9 Å². The SMILES string of the molecule is CCN(CC)C(=O)CN1CCN(c2nccnc2OCCN2C(=O)CCC2=O)CC1. The van der Waals surface area contributed by atoms with Gasteiger partial charge in [-0.2, -0.15) is 0 Å². The number of carbonyl (C=O) groups is 3. The summed E-state index contributed by atoms with van der Waals surface area (Å²) < 4.78 is 5.77. The van der Waals surface area contributed by atoms with Gasteiger partial charge in [-0.25, -0.2) is 9.97 Å². The quantitative estimate of drug-likeness (QED) is 0.517. The van der Waals surface area contributed by atoms with Gasteiger partial charge in [-0.05, 0) is 13.8 Å². The highest BCUT2D eigenvalue weighted by Gasteiger charge is 2.29. The van der Waals surface area contributed by atoms with Crippen LogP contribution in [0.5, 0.6) is 5.88 Å². The minimum atomic E-state index is -0.154. The lowest BCUT2D eigenvalue weighted by atomic mass is 10.3. The lowest BCUT2D eigenvalue weighted by Crippen LogP contribution is -2.50. The van der Waals surface area contributed by atoms with Gasteiger partial charge in [-0.15, -0.1) is 0 Å². The van der Waals surface area contributed by atoms with Crippen molar-refractivity contribution in [2.24, 2.45) is 0 Å². The number of hydrogen-bond donors (Lipinski definition) is 0. The lowest BCUT2D eigenvalue weighted by molar-refractivity contribution is -0.138. The van der Waals surface area contributed by atoms with Crippen molar-refractivity contribution in [3.8, 4) is 5.88 Å². The fourth-order valence-corrected chi connectivity index (χ4v) is 3.73. The van der Waals surface area contributed by atoms with Crippen LogP contribution in [0.15, 0.2) is 12.4 Å². The number of imide groups is 1. The summed E-state index contributed by atoms with van der Waals surface area (Å²) in [6.45, 7) is 9.18. The molecule has 10 heteroatoms. The van der Waals surface area contributed by atoms with Crippen LogP contribution >= 0.6 is 0 Å². The second-order valence-corrected chi connectivity index (χ2v) is 7.30. The molecule has 2 fully saturated rings. The van der Waals surface area contributed by atoms with Gasteiger partial charge in [0.2, 0.25) is 17.7 Å². The molecule has 2 aliphatic heterocycles. The zero-order chi connectivity index (χ0) is 21.5. The Bertz CT molecular complexity index is 745. The Hall–Kier alpha value is -2.75. The lowest BCUT2D eigenvalue weighted by Gasteiger charge is -2.36. The Kier molecular flexibility index (Phi) is 7.56. The van der Waals surface area contributed by atoms with Crippen LogP contribution in [-0.4, -0.2) is 101 Å². The van der Waals surface area contributed by atoms with Gasteiger partial charge in [0.05, 0.1) is 13.1 Å². The van der Waals surface area contributed by atoms with Gasteiger partial charge in [-0.3, -0.25) is 24.2 Å². The number of anilines is 1. The molecule has 0 aliphatic carbocycles. The Morgan fingerprint density at radius 1 is 1.03 bits per heavy atom. The van der Waals surface area contributed by atoms with Gasteiger partial charge in [0.15, 0.2) is 5.82 Å². The van der Waals surface area contributed by atoms with Crippen LogP contribution in [-0.2, 0) is 14.4 Å². The molecule has 2 aliphatic rings. The van der Waals surface area contributed by atoms with E-state index in [1.165, 1.54) is 4.90 Å². The topological polar surface area (TPSA) is 99.2 Å². The first kappa shape index (κ1) is 21.9. The molecule has 10 nitrogen and oxygen atoms in total. The molecule has 164 valence electrons. The molecular weight excluding hydrogens is 388 g/mol. The Labute approximate surface area is 176 Å². The summed E-state index contributed by atoms with van der Waals surface area (Å²) in [5.74, 6) is 0.884. The highest BCUT2D eigenvalue weighted by Crippen LogP contribution is 2.24. The molecule has 30 heavy (non-hydrogen) atoms. The zero-order valence-corrected chi connectivity index (χ0v) is 17.7. The summed E-state index contributed by atoms with van der Waals surface area (Å²) in [6, 6.07) is 0. The molecule has 1 aromatic heterocycles. The number of carbonyl (C=O) groups excluding carboxylic acids is 3. The van der Waals surface area contributed by atoms with Crippen molar-refractivity contribution >= 4 is 23.5 Å². The van der Waals surface area contributed by atoms with Crippen molar-refractivity contribution in [1.29, 1.82) is 0 Å². The highest BCUT2D eigenvalue weighted by atomic mass is 16.5. The van der Waals surface area contributed by atoms with Crippen molar-refractivity contribution in [3.05, 3.63) is 12.4 Å². The van der Waals surface area contributed by atoms with E-state index in [1.54, 1.807) is 12.4 Å². The van der Waals surface area contributed by atoms with Crippen LogP contribution in [0.3, 0.4) is 0 Å². The van der Waals surface area contributed by atoms with Gasteiger partial charge in [-0.1, -0.05) is 0 Å². The standard InChI is InChI=1S/C20H30N6O4/c1-3-24(4-2)18(29)15-23-9-11-25(12-10-23)19-20(22-8-7-21-19)30-14-13-26-16(27)5-6-17(26)28/h7-8H,3-6,9-15H2,1-2H3. The van der Waals surface area contributed by atoms with E-state index < -0.39 is 0 Å². The number of nitrogens with zero attached hydrogens (tertiary/aromatic N) is 6. The van der Waals surface area contributed by atoms with Gasteiger partial charge >= 0.3 is 0 Å². The fourth-order valence-electron chi connectivity index (χ4n) is 3.73. The predicted octanol–water partition coefficient (Wildman–Crippen LogP) is -0.00520. The fraction of sp³-hybridized carbons (Fsp3) is 0.650. The molecule has 0 bridgehead atoms. The normalized spacial score (nSPS) is 17.5. The molecular formula is C20H30N6O4. The summed E-state index contributed by atoms with van der Waals surface area (Å²) in [5.41, 5.74) is 0. The van der Waals surface area contributed by atoms with Crippen LogP contribution in [0, 0.1) is 0 Å². The summed E-state index contributed by atoms with van der Waals surface area (Å²) >= 11 is 0. The number of ether oxygens (including phenoxy) is 1. The number of piperazine rings is 1. The van der Waals surface area contributed by atoms with E-state index in [0.29, 0.717) is 31.3 Å². The minimum absolute atomic E-state index is 0.154. The summed E-state index contributed by atoms with van der Waals surface area (Å²) in [5, 5.41) is 0. The first-order valence-corrected chi connectivity index (χ1v) is 10.6. The maximum absolute atomic E-state index is 12.3. The Morgan fingerprint density at radius 3 is 2.30 bits per heavy atom. The number of aromatic nitrogens is 2. The van der Waals surface area contributed by atoms with E-state index in [2.05, 4.69) is 19.8 Å². The molecule has 0 aromatic carbocycles. The molecule has 0 atom stereocenters. The molecule has 0 saturated carbocycles. The first-order valence-electron chi connectivity index (χ1n) is 10.6. The third-order valence-corrected chi connectivity index (χ3v) is 5.50. The van der Waals surface area contributed by atoms with E-state index in [4.69, 9.17) is 4.74 Å². The maximum Gasteiger partial charge on any atom is 0.257 e. The first-order chi connectivity index (χ1) is 14.5.